The van der Waals surface area contributed by atoms with Gasteiger partial charge in [0.2, 0.25) is 0 Å². The molecule has 0 spiro atoms. The van der Waals surface area contributed by atoms with E-state index in [0.29, 0.717) is 25.6 Å². The van der Waals surface area contributed by atoms with Crippen LogP contribution < -0.4 is 4.72 Å². The zero-order chi connectivity index (χ0) is 12.9. The van der Waals surface area contributed by atoms with Crippen LogP contribution in [0.15, 0.2) is 0 Å². The zero-order valence-electron chi connectivity index (χ0n) is 10.7. The predicted molar refractivity (Wildman–Crippen MR) is 71.4 cm³/mol. The minimum atomic E-state index is -3.26. The first-order valence-corrected chi connectivity index (χ1v) is 8.18. The molecule has 1 rings (SSSR count). The molecule has 0 amide bonds. The number of nitrogens with one attached hydrogen (secondary N) is 1. The van der Waals surface area contributed by atoms with E-state index in [4.69, 9.17) is 11.6 Å². The fraction of sp³-hybridized carbons (Fsp3) is 1.00. The molecule has 1 aliphatic heterocycles. The molecule has 1 N–H and O–H groups in total. The van der Waals surface area contributed by atoms with Crippen LogP contribution >= 0.6 is 11.6 Å². The summed E-state index contributed by atoms with van der Waals surface area (Å²) in [5.41, 5.74) is 0. The highest BCUT2D eigenvalue weighted by atomic mass is 35.5. The van der Waals surface area contributed by atoms with E-state index in [0.717, 1.165) is 25.7 Å². The first-order chi connectivity index (χ1) is 7.92. The lowest BCUT2D eigenvalue weighted by molar-refractivity contribution is 0.285. The Morgan fingerprint density at radius 1 is 1.41 bits per heavy atom. The maximum Gasteiger partial charge on any atom is 0.279 e. The normalized spacial score (nSPS) is 21.6. The Morgan fingerprint density at radius 2 is 2.00 bits per heavy atom. The standard InChI is InChI=1S/C11H23ClN2O2S/c1-10-5-8-14(9-6-10)17(15,16)13-7-3-4-11(2)12/h10-11,13H,3-9H2,1-2H3. The van der Waals surface area contributed by atoms with Crippen LogP contribution in [-0.2, 0) is 10.2 Å². The molecular formula is C11H23ClN2O2S. The van der Waals surface area contributed by atoms with Crippen LogP contribution in [0.3, 0.4) is 0 Å². The second kappa shape index (κ2) is 6.92. The predicted octanol–water partition coefficient (Wildman–Crippen LogP) is 1.96. The van der Waals surface area contributed by atoms with Crippen LogP contribution in [0.25, 0.3) is 0 Å². The van der Waals surface area contributed by atoms with E-state index in [1.807, 2.05) is 6.92 Å². The van der Waals surface area contributed by atoms with Gasteiger partial charge in [0.1, 0.15) is 0 Å². The Balaban J connectivity index is 2.30. The second-order valence-electron chi connectivity index (χ2n) is 4.90. The molecule has 1 fully saturated rings. The van der Waals surface area contributed by atoms with E-state index in [-0.39, 0.29) is 5.38 Å². The van der Waals surface area contributed by atoms with Crippen molar-refractivity contribution in [1.29, 1.82) is 0 Å². The highest BCUT2D eigenvalue weighted by molar-refractivity contribution is 7.87. The summed E-state index contributed by atoms with van der Waals surface area (Å²) in [7, 11) is -3.26. The van der Waals surface area contributed by atoms with E-state index < -0.39 is 10.2 Å². The lowest BCUT2D eigenvalue weighted by atomic mass is 10.0. The van der Waals surface area contributed by atoms with Crippen molar-refractivity contribution in [2.24, 2.45) is 5.92 Å². The maximum atomic E-state index is 11.9. The summed E-state index contributed by atoms with van der Waals surface area (Å²) in [5.74, 6) is 0.638. The van der Waals surface area contributed by atoms with Crippen LogP contribution in [-0.4, -0.2) is 37.7 Å². The summed E-state index contributed by atoms with van der Waals surface area (Å²) in [4.78, 5) is 0. The van der Waals surface area contributed by atoms with E-state index in [1.54, 1.807) is 4.31 Å². The Kier molecular flexibility index (Phi) is 6.20. The summed E-state index contributed by atoms with van der Waals surface area (Å²) < 4.78 is 28.0. The molecule has 0 radical (unpaired) electrons. The molecule has 1 heterocycles. The van der Waals surface area contributed by atoms with Gasteiger partial charge >= 0.3 is 0 Å². The molecule has 1 saturated heterocycles. The summed E-state index contributed by atoms with van der Waals surface area (Å²) in [6.07, 6.45) is 3.54. The van der Waals surface area contributed by atoms with Crippen LogP contribution in [0.2, 0.25) is 0 Å². The Labute approximate surface area is 110 Å². The third-order valence-corrected chi connectivity index (χ3v) is 4.98. The first kappa shape index (κ1) is 15.2. The zero-order valence-corrected chi connectivity index (χ0v) is 12.2. The summed E-state index contributed by atoms with van der Waals surface area (Å²) >= 11 is 5.80. The molecule has 0 aliphatic carbocycles. The largest absolute Gasteiger partial charge is 0.279 e. The van der Waals surface area contributed by atoms with Crippen molar-refractivity contribution in [1.82, 2.24) is 9.03 Å². The highest BCUT2D eigenvalue weighted by Crippen LogP contribution is 2.17. The third kappa shape index (κ3) is 5.55. The van der Waals surface area contributed by atoms with Crippen LogP contribution in [0.4, 0.5) is 0 Å². The van der Waals surface area contributed by atoms with E-state index >= 15 is 0 Å². The Hall–Kier alpha value is 0.160. The average Bonchev–Trinajstić information content (AvgIpc) is 2.25. The first-order valence-electron chi connectivity index (χ1n) is 6.30. The molecule has 0 aromatic heterocycles. The van der Waals surface area contributed by atoms with Crippen LogP contribution in [0, 0.1) is 5.92 Å². The molecule has 0 aromatic rings. The van der Waals surface area contributed by atoms with Gasteiger partial charge in [0, 0.05) is 25.0 Å². The fourth-order valence-corrected chi connectivity index (χ4v) is 3.33. The molecule has 0 aromatic carbocycles. The smallest absolute Gasteiger partial charge is 0.202 e. The van der Waals surface area contributed by atoms with Crippen LogP contribution in [0.1, 0.15) is 39.5 Å². The quantitative estimate of drug-likeness (QED) is 0.598. The molecule has 17 heavy (non-hydrogen) atoms. The summed E-state index contributed by atoms with van der Waals surface area (Å²) in [6.45, 7) is 5.84. The molecule has 6 heteroatoms. The molecule has 102 valence electrons. The van der Waals surface area contributed by atoms with Crippen molar-refractivity contribution in [3.05, 3.63) is 0 Å². The van der Waals surface area contributed by atoms with Gasteiger partial charge in [0.05, 0.1) is 0 Å². The van der Waals surface area contributed by atoms with E-state index in [2.05, 4.69) is 11.6 Å². The second-order valence-corrected chi connectivity index (χ2v) is 7.40. The SMILES string of the molecule is CC(Cl)CCCNS(=O)(=O)N1CCC(C)CC1. The van der Waals surface area contributed by atoms with Gasteiger partial charge in [0.15, 0.2) is 0 Å². The van der Waals surface area contributed by atoms with Gasteiger partial charge in [-0.2, -0.15) is 12.7 Å². The minimum Gasteiger partial charge on any atom is -0.202 e. The molecule has 1 atom stereocenters. The van der Waals surface area contributed by atoms with Crippen molar-refractivity contribution in [2.75, 3.05) is 19.6 Å². The van der Waals surface area contributed by atoms with Crippen LogP contribution in [0.5, 0.6) is 0 Å². The Morgan fingerprint density at radius 3 is 2.53 bits per heavy atom. The topological polar surface area (TPSA) is 49.4 Å². The van der Waals surface area contributed by atoms with Gasteiger partial charge in [-0.05, 0) is 38.5 Å². The van der Waals surface area contributed by atoms with Gasteiger partial charge in [-0.25, -0.2) is 4.72 Å². The van der Waals surface area contributed by atoms with Gasteiger partial charge in [-0.15, -0.1) is 11.6 Å². The van der Waals surface area contributed by atoms with Crippen molar-refractivity contribution in [3.63, 3.8) is 0 Å². The highest BCUT2D eigenvalue weighted by Gasteiger charge is 2.25. The lowest BCUT2D eigenvalue weighted by Gasteiger charge is -2.29. The van der Waals surface area contributed by atoms with Crippen molar-refractivity contribution in [2.45, 2.75) is 44.9 Å². The van der Waals surface area contributed by atoms with Crippen molar-refractivity contribution >= 4 is 21.8 Å². The molecular weight excluding hydrogens is 260 g/mol. The molecule has 0 saturated carbocycles. The minimum absolute atomic E-state index is 0.107. The molecule has 0 bridgehead atoms. The number of nitrogens with zero attached hydrogens (tertiary/aromatic N) is 1. The summed E-state index contributed by atoms with van der Waals surface area (Å²) in [5, 5.41) is 0.107. The number of halogens is 1. The number of hydrogen-bond donors (Lipinski definition) is 1. The van der Waals surface area contributed by atoms with Gasteiger partial charge in [0.25, 0.3) is 10.2 Å². The number of piperidine rings is 1. The van der Waals surface area contributed by atoms with Gasteiger partial charge in [-0.1, -0.05) is 6.92 Å². The Bertz CT molecular complexity index is 311. The maximum absolute atomic E-state index is 11.9. The molecule has 1 aliphatic rings. The van der Waals surface area contributed by atoms with Crippen molar-refractivity contribution < 1.29 is 8.42 Å². The molecule has 1 unspecified atom stereocenters. The average molecular weight is 283 g/mol. The van der Waals surface area contributed by atoms with Gasteiger partial charge in [-0.3, -0.25) is 0 Å². The van der Waals surface area contributed by atoms with Crippen molar-refractivity contribution in [3.8, 4) is 0 Å². The third-order valence-electron chi connectivity index (χ3n) is 3.15. The lowest BCUT2D eigenvalue weighted by Crippen LogP contribution is -2.44. The summed E-state index contributed by atoms with van der Waals surface area (Å²) in [6, 6.07) is 0. The number of rotatable bonds is 6. The number of hydrogen-bond acceptors (Lipinski definition) is 2. The van der Waals surface area contributed by atoms with E-state index in [1.165, 1.54) is 0 Å². The molecule has 4 nitrogen and oxygen atoms in total. The fourth-order valence-electron chi connectivity index (χ4n) is 1.90. The van der Waals surface area contributed by atoms with Gasteiger partial charge < -0.3 is 0 Å². The monoisotopic (exact) mass is 282 g/mol. The van der Waals surface area contributed by atoms with E-state index in [9.17, 15) is 8.42 Å². The number of alkyl halides is 1.